The van der Waals surface area contributed by atoms with Gasteiger partial charge in [-0.15, -0.1) is 11.6 Å². The zero-order valence-corrected chi connectivity index (χ0v) is 9.82. The number of alkyl halides is 1. The van der Waals surface area contributed by atoms with Gasteiger partial charge >= 0.3 is 0 Å². The number of hydrogen-bond donors (Lipinski definition) is 1. The van der Waals surface area contributed by atoms with Crippen molar-refractivity contribution >= 4 is 11.6 Å². The Labute approximate surface area is 91.8 Å². The van der Waals surface area contributed by atoms with Crippen LogP contribution in [0.3, 0.4) is 0 Å². The molecule has 82 valence electrons. The van der Waals surface area contributed by atoms with E-state index in [1.807, 2.05) is 0 Å². The van der Waals surface area contributed by atoms with Crippen LogP contribution in [-0.4, -0.2) is 15.6 Å². The Hall–Kier alpha value is 0.250. The van der Waals surface area contributed by atoms with Gasteiger partial charge < -0.3 is 5.11 Å². The monoisotopic (exact) mass is 216 g/mol. The fraction of sp³-hybridized carbons (Fsp3) is 1.00. The molecule has 1 atom stereocenters. The SMILES string of the molecule is CCC(O)(C1CCCCC1)C1(Cl)CC1. The number of rotatable bonds is 3. The lowest BCUT2D eigenvalue weighted by molar-refractivity contribution is -0.0464. The summed E-state index contributed by atoms with van der Waals surface area (Å²) >= 11 is 6.43. The van der Waals surface area contributed by atoms with Gasteiger partial charge in [0.2, 0.25) is 0 Å². The van der Waals surface area contributed by atoms with E-state index in [0.717, 1.165) is 19.3 Å². The molecule has 0 aromatic carbocycles. The zero-order chi connectivity index (χ0) is 10.2. The predicted molar refractivity (Wildman–Crippen MR) is 59.6 cm³/mol. The second-order valence-corrected chi connectivity index (χ2v) is 5.80. The summed E-state index contributed by atoms with van der Waals surface area (Å²) in [6, 6.07) is 0. The molecular weight excluding hydrogens is 196 g/mol. The molecule has 0 bridgehead atoms. The van der Waals surface area contributed by atoms with Crippen LogP contribution in [0.1, 0.15) is 58.3 Å². The molecule has 2 fully saturated rings. The quantitative estimate of drug-likeness (QED) is 0.717. The summed E-state index contributed by atoms with van der Waals surface area (Å²) in [4.78, 5) is -0.260. The van der Waals surface area contributed by atoms with Gasteiger partial charge in [0, 0.05) is 0 Å². The van der Waals surface area contributed by atoms with Gasteiger partial charge in [-0.1, -0.05) is 26.2 Å². The van der Waals surface area contributed by atoms with Gasteiger partial charge in [-0.2, -0.15) is 0 Å². The molecule has 2 heteroatoms. The molecule has 1 nitrogen and oxygen atoms in total. The van der Waals surface area contributed by atoms with Crippen LogP contribution in [0.25, 0.3) is 0 Å². The van der Waals surface area contributed by atoms with Crippen LogP contribution in [0.15, 0.2) is 0 Å². The Kier molecular flexibility index (Phi) is 2.83. The van der Waals surface area contributed by atoms with Gasteiger partial charge in [-0.25, -0.2) is 0 Å². The molecule has 1 N–H and O–H groups in total. The molecule has 0 spiro atoms. The molecule has 2 saturated carbocycles. The first kappa shape index (κ1) is 10.8. The van der Waals surface area contributed by atoms with E-state index in [1.54, 1.807) is 0 Å². The summed E-state index contributed by atoms with van der Waals surface area (Å²) in [5.74, 6) is 0.459. The van der Waals surface area contributed by atoms with Crippen molar-refractivity contribution in [3.8, 4) is 0 Å². The Morgan fingerprint density at radius 1 is 1.29 bits per heavy atom. The maximum atomic E-state index is 10.7. The molecule has 0 amide bonds. The largest absolute Gasteiger partial charge is 0.388 e. The Balaban J connectivity index is 2.10. The minimum atomic E-state index is -0.574. The summed E-state index contributed by atoms with van der Waals surface area (Å²) in [5.41, 5.74) is -0.574. The molecule has 2 aliphatic rings. The minimum absolute atomic E-state index is 0.260. The highest BCUT2D eigenvalue weighted by Crippen LogP contribution is 2.57. The first-order valence-corrected chi connectivity index (χ1v) is 6.41. The fourth-order valence-corrected chi connectivity index (χ4v) is 3.48. The minimum Gasteiger partial charge on any atom is -0.388 e. The van der Waals surface area contributed by atoms with Crippen LogP contribution < -0.4 is 0 Å². The second-order valence-electron chi connectivity index (χ2n) is 5.08. The van der Waals surface area contributed by atoms with E-state index in [-0.39, 0.29) is 4.87 Å². The molecule has 0 saturated heterocycles. The molecule has 0 heterocycles. The van der Waals surface area contributed by atoms with Gasteiger partial charge in [-0.05, 0) is 38.0 Å². The average molecular weight is 217 g/mol. The lowest BCUT2D eigenvalue weighted by Gasteiger charge is -2.41. The van der Waals surface area contributed by atoms with Crippen molar-refractivity contribution in [2.75, 3.05) is 0 Å². The summed E-state index contributed by atoms with van der Waals surface area (Å²) in [5, 5.41) is 10.7. The van der Waals surface area contributed by atoms with E-state index in [4.69, 9.17) is 11.6 Å². The Bertz CT molecular complexity index is 206. The van der Waals surface area contributed by atoms with Crippen molar-refractivity contribution in [3.05, 3.63) is 0 Å². The van der Waals surface area contributed by atoms with E-state index in [9.17, 15) is 5.11 Å². The molecule has 2 rings (SSSR count). The standard InChI is InChI=1S/C12H21ClO/c1-2-12(14,11(13)8-9-11)10-6-4-3-5-7-10/h10,14H,2-9H2,1H3. The number of aliphatic hydroxyl groups is 1. The predicted octanol–water partition coefficient (Wildman–Crippen LogP) is 3.48. The highest BCUT2D eigenvalue weighted by molar-refractivity contribution is 6.26. The van der Waals surface area contributed by atoms with Crippen molar-refractivity contribution in [1.29, 1.82) is 0 Å². The Morgan fingerprint density at radius 2 is 1.86 bits per heavy atom. The van der Waals surface area contributed by atoms with Crippen LogP contribution in [0, 0.1) is 5.92 Å². The van der Waals surface area contributed by atoms with E-state index in [2.05, 4.69) is 6.92 Å². The highest BCUT2D eigenvalue weighted by Gasteiger charge is 2.59. The molecule has 0 radical (unpaired) electrons. The van der Waals surface area contributed by atoms with Crippen molar-refractivity contribution in [3.63, 3.8) is 0 Å². The molecule has 0 aromatic heterocycles. The summed E-state index contributed by atoms with van der Waals surface area (Å²) in [7, 11) is 0. The van der Waals surface area contributed by atoms with Crippen molar-refractivity contribution in [2.45, 2.75) is 68.8 Å². The summed E-state index contributed by atoms with van der Waals surface area (Å²) in [6.45, 7) is 2.08. The molecule has 14 heavy (non-hydrogen) atoms. The third-order valence-electron chi connectivity index (χ3n) is 4.28. The summed E-state index contributed by atoms with van der Waals surface area (Å²) in [6.07, 6.45) is 9.09. The normalized spacial score (nSPS) is 31.1. The van der Waals surface area contributed by atoms with Gasteiger partial charge in [0.15, 0.2) is 0 Å². The second kappa shape index (κ2) is 3.68. The molecule has 2 aliphatic carbocycles. The maximum Gasteiger partial charge on any atom is 0.0863 e. The smallest absolute Gasteiger partial charge is 0.0863 e. The topological polar surface area (TPSA) is 20.2 Å². The van der Waals surface area contributed by atoms with Gasteiger partial charge in [0.05, 0.1) is 10.5 Å². The van der Waals surface area contributed by atoms with Crippen molar-refractivity contribution in [1.82, 2.24) is 0 Å². The molecule has 0 aliphatic heterocycles. The lowest BCUT2D eigenvalue weighted by atomic mass is 9.72. The van der Waals surface area contributed by atoms with Gasteiger partial charge in [-0.3, -0.25) is 0 Å². The first-order chi connectivity index (χ1) is 6.62. The highest BCUT2D eigenvalue weighted by atomic mass is 35.5. The van der Waals surface area contributed by atoms with Gasteiger partial charge in [0.25, 0.3) is 0 Å². The summed E-state index contributed by atoms with van der Waals surface area (Å²) < 4.78 is 0. The third-order valence-corrected chi connectivity index (χ3v) is 4.99. The van der Waals surface area contributed by atoms with Crippen LogP contribution >= 0.6 is 11.6 Å². The third kappa shape index (κ3) is 1.59. The van der Waals surface area contributed by atoms with E-state index < -0.39 is 5.60 Å². The lowest BCUT2D eigenvalue weighted by Crippen LogP contribution is -2.48. The van der Waals surface area contributed by atoms with Crippen molar-refractivity contribution < 1.29 is 5.11 Å². The zero-order valence-electron chi connectivity index (χ0n) is 9.06. The Morgan fingerprint density at radius 3 is 2.29 bits per heavy atom. The number of hydrogen-bond acceptors (Lipinski definition) is 1. The van der Waals surface area contributed by atoms with Crippen LogP contribution in [0.4, 0.5) is 0 Å². The molecule has 1 unspecified atom stereocenters. The van der Waals surface area contributed by atoms with Crippen LogP contribution in [0.5, 0.6) is 0 Å². The van der Waals surface area contributed by atoms with Gasteiger partial charge in [0.1, 0.15) is 0 Å². The average Bonchev–Trinajstić information content (AvgIpc) is 2.98. The maximum absolute atomic E-state index is 10.7. The fourth-order valence-electron chi connectivity index (χ4n) is 3.09. The van der Waals surface area contributed by atoms with E-state index >= 15 is 0 Å². The number of halogens is 1. The molecule has 0 aromatic rings. The van der Waals surface area contributed by atoms with Crippen LogP contribution in [0.2, 0.25) is 0 Å². The van der Waals surface area contributed by atoms with E-state index in [0.29, 0.717) is 5.92 Å². The van der Waals surface area contributed by atoms with Crippen molar-refractivity contribution in [2.24, 2.45) is 5.92 Å². The first-order valence-electron chi connectivity index (χ1n) is 6.04. The molecular formula is C12H21ClO. The van der Waals surface area contributed by atoms with E-state index in [1.165, 1.54) is 32.1 Å². The van der Waals surface area contributed by atoms with Crippen LogP contribution in [-0.2, 0) is 0 Å².